The Morgan fingerprint density at radius 3 is 2.70 bits per heavy atom. The highest BCUT2D eigenvalue weighted by Gasteiger charge is 2.35. The minimum absolute atomic E-state index is 0.0317. The summed E-state index contributed by atoms with van der Waals surface area (Å²) in [5, 5.41) is 13.5. The van der Waals surface area contributed by atoms with Gasteiger partial charge in [-0.1, -0.05) is 23.7 Å². The van der Waals surface area contributed by atoms with Crippen molar-refractivity contribution in [2.45, 2.75) is 6.10 Å². The molecule has 1 aliphatic rings. The Bertz CT molecular complexity index is 1030. The number of nitro benzene ring substituents is 1. The molecule has 0 aromatic heterocycles. The van der Waals surface area contributed by atoms with Gasteiger partial charge in [-0.05, 0) is 18.2 Å². The van der Waals surface area contributed by atoms with E-state index in [0.717, 1.165) is 16.6 Å². The van der Waals surface area contributed by atoms with Gasteiger partial charge in [-0.25, -0.2) is 8.42 Å². The number of sulfonamides is 1. The van der Waals surface area contributed by atoms with Gasteiger partial charge >= 0.3 is 0 Å². The lowest BCUT2D eigenvalue weighted by Crippen LogP contribution is -2.48. The number of ether oxygens (including phenoxy) is 1. The number of nitro groups is 1. The normalized spacial score (nSPS) is 16.2. The fourth-order valence-electron chi connectivity index (χ4n) is 2.59. The second kappa shape index (κ2) is 7.05. The number of carbonyl (C=O) groups excluding carboxylic acids is 1. The first-order valence-electron chi connectivity index (χ1n) is 7.65. The highest BCUT2D eigenvalue weighted by atomic mass is 35.5. The van der Waals surface area contributed by atoms with Crippen LogP contribution in [-0.4, -0.2) is 38.2 Å². The van der Waals surface area contributed by atoms with Gasteiger partial charge in [-0.3, -0.25) is 19.2 Å². The van der Waals surface area contributed by atoms with E-state index >= 15 is 0 Å². The summed E-state index contributed by atoms with van der Waals surface area (Å²) in [5.41, 5.74) is 0.115. The van der Waals surface area contributed by atoms with Gasteiger partial charge in [-0.2, -0.15) is 0 Å². The number of rotatable bonds is 4. The molecule has 0 fully saturated rings. The van der Waals surface area contributed by atoms with Gasteiger partial charge in [-0.15, -0.1) is 0 Å². The van der Waals surface area contributed by atoms with Crippen molar-refractivity contribution < 1.29 is 22.9 Å². The van der Waals surface area contributed by atoms with E-state index in [1.54, 1.807) is 24.3 Å². The van der Waals surface area contributed by atoms with Crippen molar-refractivity contribution >= 4 is 44.6 Å². The number of anilines is 2. The van der Waals surface area contributed by atoms with Crippen molar-refractivity contribution in [3.63, 3.8) is 0 Å². The number of nitrogens with one attached hydrogen (secondary N) is 1. The molecule has 2 aromatic rings. The first-order valence-corrected chi connectivity index (χ1v) is 9.87. The summed E-state index contributed by atoms with van der Waals surface area (Å²) >= 11 is 5.98. The molecule has 11 heteroatoms. The maximum absolute atomic E-state index is 12.6. The molecule has 0 saturated heterocycles. The lowest BCUT2D eigenvalue weighted by Gasteiger charge is -2.33. The van der Waals surface area contributed by atoms with Crippen LogP contribution in [0.1, 0.15) is 0 Å². The summed E-state index contributed by atoms with van der Waals surface area (Å²) in [4.78, 5) is 22.9. The first kappa shape index (κ1) is 18.9. The van der Waals surface area contributed by atoms with E-state index in [1.807, 2.05) is 0 Å². The number of hydrogen-bond acceptors (Lipinski definition) is 6. The number of carbonyl (C=O) groups is 1. The predicted molar refractivity (Wildman–Crippen MR) is 99.8 cm³/mol. The van der Waals surface area contributed by atoms with Crippen LogP contribution in [0, 0.1) is 10.1 Å². The number of para-hydroxylation sites is 2. The summed E-state index contributed by atoms with van der Waals surface area (Å²) in [6.45, 7) is -0.242. The number of benzene rings is 2. The third-order valence-electron chi connectivity index (χ3n) is 3.85. The predicted octanol–water partition coefficient (Wildman–Crippen LogP) is 2.41. The lowest BCUT2D eigenvalue weighted by molar-refractivity contribution is -0.384. The van der Waals surface area contributed by atoms with Crippen molar-refractivity contribution in [3.05, 3.63) is 57.6 Å². The second-order valence-electron chi connectivity index (χ2n) is 5.78. The highest BCUT2D eigenvalue weighted by Crippen LogP contribution is 2.35. The van der Waals surface area contributed by atoms with E-state index in [1.165, 1.54) is 12.1 Å². The molecule has 1 N–H and O–H groups in total. The monoisotopic (exact) mass is 411 g/mol. The average Bonchev–Trinajstić information content (AvgIpc) is 2.61. The number of non-ortho nitro benzene ring substituents is 1. The van der Waals surface area contributed by atoms with Gasteiger partial charge in [0.15, 0.2) is 6.10 Å². The molecule has 1 heterocycles. The fraction of sp³-hybridized carbons (Fsp3) is 0.188. The van der Waals surface area contributed by atoms with E-state index < -0.39 is 27.0 Å². The van der Waals surface area contributed by atoms with Crippen LogP contribution < -0.4 is 14.4 Å². The Hall–Kier alpha value is -2.85. The maximum Gasteiger partial charge on any atom is 0.271 e. The van der Waals surface area contributed by atoms with E-state index in [0.29, 0.717) is 5.69 Å². The molecule has 1 amide bonds. The van der Waals surface area contributed by atoms with Gasteiger partial charge in [0.2, 0.25) is 10.0 Å². The van der Waals surface area contributed by atoms with Crippen molar-refractivity contribution in [1.82, 2.24) is 0 Å². The van der Waals surface area contributed by atoms with Crippen LogP contribution in [0.25, 0.3) is 0 Å². The Labute approximate surface area is 159 Å². The molecule has 1 atom stereocenters. The molecular weight excluding hydrogens is 398 g/mol. The van der Waals surface area contributed by atoms with Gasteiger partial charge in [0.05, 0.1) is 34.1 Å². The molecule has 0 aliphatic carbocycles. The molecule has 0 saturated carbocycles. The Morgan fingerprint density at radius 2 is 2.04 bits per heavy atom. The Morgan fingerprint density at radius 1 is 1.33 bits per heavy atom. The minimum Gasteiger partial charge on any atom is -0.476 e. The third kappa shape index (κ3) is 3.96. The zero-order chi connectivity index (χ0) is 19.8. The molecule has 0 radical (unpaired) electrons. The lowest BCUT2D eigenvalue weighted by atomic mass is 10.2. The van der Waals surface area contributed by atoms with Crippen LogP contribution in [0.2, 0.25) is 5.02 Å². The quantitative estimate of drug-likeness (QED) is 0.609. The SMILES string of the molecule is CS(=O)(=O)N1C[C@@H](C(=O)Nc2cc([N+](=O)[O-])ccc2Cl)Oc2ccccc21. The van der Waals surface area contributed by atoms with E-state index in [2.05, 4.69) is 5.32 Å². The van der Waals surface area contributed by atoms with Crippen LogP contribution >= 0.6 is 11.6 Å². The number of halogens is 1. The molecule has 2 aromatic carbocycles. The molecular formula is C16H14ClN3O6S. The van der Waals surface area contributed by atoms with Gasteiger partial charge in [0.1, 0.15) is 5.75 Å². The van der Waals surface area contributed by atoms with Gasteiger partial charge < -0.3 is 10.1 Å². The van der Waals surface area contributed by atoms with Crippen molar-refractivity contribution in [2.24, 2.45) is 0 Å². The molecule has 9 nitrogen and oxygen atoms in total. The highest BCUT2D eigenvalue weighted by molar-refractivity contribution is 7.92. The van der Waals surface area contributed by atoms with Crippen molar-refractivity contribution in [1.29, 1.82) is 0 Å². The summed E-state index contributed by atoms with van der Waals surface area (Å²) in [6, 6.07) is 10.0. The summed E-state index contributed by atoms with van der Waals surface area (Å²) in [6.07, 6.45) is -0.133. The number of hydrogen-bond donors (Lipinski definition) is 1. The number of amides is 1. The van der Waals surface area contributed by atoms with Crippen LogP contribution in [-0.2, 0) is 14.8 Å². The average molecular weight is 412 g/mol. The van der Waals surface area contributed by atoms with Crippen LogP contribution in [0.15, 0.2) is 42.5 Å². The Balaban J connectivity index is 1.88. The van der Waals surface area contributed by atoms with Crippen LogP contribution in [0.4, 0.5) is 17.1 Å². The molecule has 0 bridgehead atoms. The second-order valence-corrected chi connectivity index (χ2v) is 8.09. The van der Waals surface area contributed by atoms with Gasteiger partial charge in [0, 0.05) is 12.1 Å². The van der Waals surface area contributed by atoms with Crippen LogP contribution in [0.5, 0.6) is 5.75 Å². The van der Waals surface area contributed by atoms with Crippen molar-refractivity contribution in [2.75, 3.05) is 22.4 Å². The molecule has 0 spiro atoms. The number of nitrogens with zero attached hydrogens (tertiary/aromatic N) is 2. The largest absolute Gasteiger partial charge is 0.476 e. The van der Waals surface area contributed by atoms with E-state index in [-0.39, 0.29) is 28.7 Å². The topological polar surface area (TPSA) is 119 Å². The standard InChI is InChI=1S/C16H14ClN3O6S/c1-27(24,25)19-9-15(26-14-5-3-2-4-13(14)19)16(21)18-12-8-10(20(22)23)6-7-11(12)17/h2-8,15H,9H2,1H3,(H,18,21)/t15-/m0/s1. The summed E-state index contributed by atoms with van der Waals surface area (Å²) in [5.74, 6) is -0.444. The molecule has 142 valence electrons. The van der Waals surface area contributed by atoms with E-state index in [9.17, 15) is 23.3 Å². The molecule has 3 rings (SSSR count). The maximum atomic E-state index is 12.6. The molecule has 27 heavy (non-hydrogen) atoms. The first-order chi connectivity index (χ1) is 12.7. The van der Waals surface area contributed by atoms with Gasteiger partial charge in [0.25, 0.3) is 11.6 Å². The smallest absolute Gasteiger partial charge is 0.271 e. The molecule has 0 unspecified atom stereocenters. The summed E-state index contributed by atoms with van der Waals surface area (Å²) in [7, 11) is -3.65. The zero-order valence-corrected chi connectivity index (χ0v) is 15.5. The van der Waals surface area contributed by atoms with Crippen LogP contribution in [0.3, 0.4) is 0 Å². The third-order valence-corrected chi connectivity index (χ3v) is 5.32. The summed E-state index contributed by atoms with van der Waals surface area (Å²) < 4.78 is 30.9. The van der Waals surface area contributed by atoms with Crippen molar-refractivity contribution in [3.8, 4) is 5.75 Å². The molecule has 1 aliphatic heterocycles. The minimum atomic E-state index is -3.65. The van der Waals surface area contributed by atoms with E-state index in [4.69, 9.17) is 16.3 Å². The zero-order valence-electron chi connectivity index (χ0n) is 14.0. The Kier molecular flexibility index (Phi) is 4.94. The number of fused-ring (bicyclic) bond motifs is 1. The fourth-order valence-corrected chi connectivity index (χ4v) is 3.67.